The molecule has 2 atom stereocenters. The van der Waals surface area contributed by atoms with Gasteiger partial charge in [-0.05, 0) is 24.0 Å². The highest BCUT2D eigenvalue weighted by atomic mass is 32.2. The highest BCUT2D eigenvalue weighted by Gasteiger charge is 2.49. The van der Waals surface area contributed by atoms with Crippen molar-refractivity contribution in [1.82, 2.24) is 14.5 Å². The van der Waals surface area contributed by atoms with E-state index in [1.807, 2.05) is 0 Å². The summed E-state index contributed by atoms with van der Waals surface area (Å²) in [5, 5.41) is 23.2. The van der Waals surface area contributed by atoms with E-state index in [-0.39, 0.29) is 41.9 Å². The van der Waals surface area contributed by atoms with E-state index in [9.17, 15) is 38.0 Å². The Balaban J connectivity index is 1.64. The summed E-state index contributed by atoms with van der Waals surface area (Å²) >= 11 is 0. The Morgan fingerprint density at radius 1 is 1.08 bits per heavy atom. The number of hydrogen-bond acceptors (Lipinski definition) is 7. The topological polar surface area (TPSA) is 167 Å². The van der Waals surface area contributed by atoms with E-state index in [0.717, 1.165) is 10.4 Å². The van der Waals surface area contributed by atoms with Gasteiger partial charge in [-0.2, -0.15) is 4.31 Å². The predicted molar refractivity (Wildman–Crippen MR) is 130 cm³/mol. The van der Waals surface area contributed by atoms with Gasteiger partial charge in [-0.1, -0.05) is 42.5 Å². The maximum atomic E-state index is 13.6. The van der Waals surface area contributed by atoms with E-state index in [2.05, 4.69) is 5.32 Å². The van der Waals surface area contributed by atoms with E-state index in [4.69, 9.17) is 0 Å². The first-order valence-electron chi connectivity index (χ1n) is 11.7. The molecule has 13 heteroatoms. The Hall–Kier alpha value is -3.84. The molecule has 1 aliphatic heterocycles. The summed E-state index contributed by atoms with van der Waals surface area (Å²) in [4.78, 5) is 49.8. The zero-order valence-corrected chi connectivity index (χ0v) is 20.5. The first-order valence-corrected chi connectivity index (χ1v) is 13.3. The Morgan fingerprint density at radius 2 is 1.78 bits per heavy atom. The number of aliphatic carboxylic acids is 1. The van der Waals surface area contributed by atoms with Crippen molar-refractivity contribution in [3.63, 3.8) is 0 Å². The van der Waals surface area contributed by atoms with Crippen LogP contribution >= 0.6 is 0 Å². The quantitative estimate of drug-likeness (QED) is 0.345. The van der Waals surface area contributed by atoms with Crippen molar-refractivity contribution in [2.45, 2.75) is 37.2 Å². The lowest BCUT2D eigenvalue weighted by molar-refractivity contribution is -0.384. The fourth-order valence-electron chi connectivity index (χ4n) is 4.36. The third kappa shape index (κ3) is 6.12. The SMILES string of the molecule is O=C(O)CC(NC(=O)C1N(C(=O)C2CC2)CCN1S(=O)(=O)Cc1ccccc1)c1cccc([N+](=O)[O-])c1. The molecule has 2 N–H and O–H groups in total. The number of benzene rings is 2. The van der Waals surface area contributed by atoms with Crippen LogP contribution in [0.25, 0.3) is 0 Å². The molecule has 1 aliphatic carbocycles. The molecule has 0 bridgehead atoms. The zero-order chi connectivity index (χ0) is 26.7. The summed E-state index contributed by atoms with van der Waals surface area (Å²) in [7, 11) is -4.05. The largest absolute Gasteiger partial charge is 0.481 e. The van der Waals surface area contributed by atoms with Gasteiger partial charge >= 0.3 is 5.97 Å². The van der Waals surface area contributed by atoms with Gasteiger partial charge in [0.05, 0.1) is 23.1 Å². The van der Waals surface area contributed by atoms with Crippen LogP contribution in [0.3, 0.4) is 0 Å². The van der Waals surface area contributed by atoms with E-state index in [1.54, 1.807) is 30.3 Å². The number of carboxylic acids is 1. The number of sulfonamides is 1. The van der Waals surface area contributed by atoms with Gasteiger partial charge in [0.1, 0.15) is 0 Å². The molecule has 2 amide bonds. The molecule has 1 saturated carbocycles. The summed E-state index contributed by atoms with van der Waals surface area (Å²) in [6, 6.07) is 12.4. The van der Waals surface area contributed by atoms with E-state index >= 15 is 0 Å². The average molecular weight is 531 g/mol. The molecular formula is C24H26N4O8S. The first kappa shape index (κ1) is 26.2. The molecule has 1 heterocycles. The van der Waals surface area contributed by atoms with Gasteiger partial charge in [0.2, 0.25) is 15.9 Å². The molecule has 2 aromatic carbocycles. The summed E-state index contributed by atoms with van der Waals surface area (Å²) in [5.41, 5.74) is 0.385. The van der Waals surface area contributed by atoms with Gasteiger partial charge in [-0.15, -0.1) is 0 Å². The van der Waals surface area contributed by atoms with Crippen molar-refractivity contribution in [1.29, 1.82) is 0 Å². The van der Waals surface area contributed by atoms with Crippen LogP contribution in [0.2, 0.25) is 0 Å². The number of nitrogens with one attached hydrogen (secondary N) is 1. The molecule has 2 fully saturated rings. The molecule has 4 rings (SSSR count). The number of rotatable bonds is 10. The number of nitro benzene ring substituents is 1. The van der Waals surface area contributed by atoms with Crippen LogP contribution in [-0.4, -0.2) is 64.7 Å². The van der Waals surface area contributed by atoms with Crippen LogP contribution < -0.4 is 5.32 Å². The van der Waals surface area contributed by atoms with E-state index in [0.29, 0.717) is 18.4 Å². The molecule has 12 nitrogen and oxygen atoms in total. The van der Waals surface area contributed by atoms with E-state index in [1.165, 1.54) is 23.1 Å². The van der Waals surface area contributed by atoms with Crippen molar-refractivity contribution < 1.29 is 32.8 Å². The molecule has 37 heavy (non-hydrogen) atoms. The minimum Gasteiger partial charge on any atom is -0.481 e. The Morgan fingerprint density at radius 3 is 2.41 bits per heavy atom. The van der Waals surface area contributed by atoms with Crippen molar-refractivity contribution >= 4 is 33.5 Å². The molecule has 2 aliphatic rings. The lowest BCUT2D eigenvalue weighted by atomic mass is 10.0. The molecule has 196 valence electrons. The Bertz CT molecular complexity index is 1310. The molecular weight excluding hydrogens is 504 g/mol. The van der Waals surface area contributed by atoms with Crippen LogP contribution in [0.4, 0.5) is 5.69 Å². The van der Waals surface area contributed by atoms with Crippen molar-refractivity contribution in [3.8, 4) is 0 Å². The second kappa shape index (κ2) is 10.6. The molecule has 1 saturated heterocycles. The third-order valence-electron chi connectivity index (χ3n) is 6.30. The molecule has 0 radical (unpaired) electrons. The number of carboxylic acid groups (broad SMARTS) is 1. The predicted octanol–water partition coefficient (Wildman–Crippen LogP) is 1.64. The summed E-state index contributed by atoms with van der Waals surface area (Å²) in [6.07, 6.45) is -0.810. The average Bonchev–Trinajstić information content (AvgIpc) is 3.60. The van der Waals surface area contributed by atoms with E-state index < -0.39 is 45.5 Å². The van der Waals surface area contributed by atoms with Crippen LogP contribution in [0.1, 0.15) is 36.4 Å². The zero-order valence-electron chi connectivity index (χ0n) is 19.7. The first-order chi connectivity index (χ1) is 17.6. The smallest absolute Gasteiger partial charge is 0.305 e. The van der Waals surface area contributed by atoms with Crippen LogP contribution in [0.15, 0.2) is 54.6 Å². The lowest BCUT2D eigenvalue weighted by Crippen LogP contribution is -2.54. The van der Waals surface area contributed by atoms with Crippen molar-refractivity contribution in [3.05, 3.63) is 75.8 Å². The van der Waals surface area contributed by atoms with Gasteiger partial charge in [-0.25, -0.2) is 8.42 Å². The monoisotopic (exact) mass is 530 g/mol. The number of nitrogens with zero attached hydrogens (tertiary/aromatic N) is 3. The van der Waals surface area contributed by atoms with Gasteiger partial charge in [0, 0.05) is 31.1 Å². The maximum Gasteiger partial charge on any atom is 0.305 e. The summed E-state index contributed by atoms with van der Waals surface area (Å²) in [6.45, 7) is -0.0754. The number of amides is 2. The standard InChI is InChI=1S/C24H26N4O8S/c29-21(30)14-20(18-7-4-8-19(13-18)28(33)34)25-22(31)23-26(24(32)17-9-10-17)11-12-27(23)37(35,36)15-16-5-2-1-3-6-16/h1-8,13,17,20,23H,9-12,14-15H2,(H,25,31)(H,29,30). The minimum atomic E-state index is -4.05. The highest BCUT2D eigenvalue weighted by molar-refractivity contribution is 7.88. The second-order valence-electron chi connectivity index (χ2n) is 9.04. The number of hydrogen-bond donors (Lipinski definition) is 2. The molecule has 2 aromatic rings. The highest BCUT2D eigenvalue weighted by Crippen LogP contribution is 2.34. The molecule has 2 unspecified atom stereocenters. The van der Waals surface area contributed by atoms with Crippen molar-refractivity contribution in [2.75, 3.05) is 13.1 Å². The maximum absolute atomic E-state index is 13.6. The third-order valence-corrected chi connectivity index (χ3v) is 8.10. The lowest BCUT2D eigenvalue weighted by Gasteiger charge is -2.30. The Labute approximate surface area is 213 Å². The fourth-order valence-corrected chi connectivity index (χ4v) is 6.01. The normalized spacial score (nSPS) is 18.8. The van der Waals surface area contributed by atoms with Gasteiger partial charge in [-0.3, -0.25) is 24.5 Å². The summed E-state index contributed by atoms with van der Waals surface area (Å²) in [5.74, 6) is -3.14. The minimum absolute atomic E-state index is 0.0157. The van der Waals surface area contributed by atoms with Crippen LogP contribution in [-0.2, 0) is 30.2 Å². The van der Waals surface area contributed by atoms with Gasteiger partial charge < -0.3 is 15.3 Å². The van der Waals surface area contributed by atoms with Crippen molar-refractivity contribution in [2.24, 2.45) is 5.92 Å². The number of nitro groups is 1. The molecule has 0 spiro atoms. The number of carbonyl (C=O) groups excluding carboxylic acids is 2. The van der Waals surface area contributed by atoms with Crippen LogP contribution in [0.5, 0.6) is 0 Å². The number of non-ortho nitro benzene ring substituents is 1. The Kier molecular flexibility index (Phi) is 7.55. The fraction of sp³-hybridized carbons (Fsp3) is 0.375. The van der Waals surface area contributed by atoms with Gasteiger partial charge in [0.15, 0.2) is 6.17 Å². The summed E-state index contributed by atoms with van der Waals surface area (Å²) < 4.78 is 27.7. The molecule has 0 aromatic heterocycles. The van der Waals surface area contributed by atoms with Gasteiger partial charge in [0.25, 0.3) is 11.6 Å². The second-order valence-corrected chi connectivity index (χ2v) is 11.0. The van der Waals surface area contributed by atoms with Crippen LogP contribution in [0, 0.1) is 16.0 Å². The number of carbonyl (C=O) groups is 3.